The summed E-state index contributed by atoms with van der Waals surface area (Å²) in [5.74, 6) is -1.03. The molecule has 0 spiro atoms. The Kier molecular flexibility index (Phi) is 39.7. The molecule has 0 aliphatic heterocycles. The molecule has 0 bridgehead atoms. The van der Waals surface area contributed by atoms with Gasteiger partial charge in [-0.15, -0.1) is 0 Å². The van der Waals surface area contributed by atoms with Gasteiger partial charge in [-0.25, -0.2) is 4.57 Å². The minimum atomic E-state index is -4.64. The number of allylic oxidation sites excluding steroid dienone is 12. The fourth-order valence-electron chi connectivity index (χ4n) is 5.44. The van der Waals surface area contributed by atoms with Crippen LogP contribution in [0.25, 0.3) is 0 Å². The van der Waals surface area contributed by atoms with Crippen molar-refractivity contribution in [3.05, 3.63) is 72.9 Å². The van der Waals surface area contributed by atoms with Crippen molar-refractivity contribution in [1.82, 2.24) is 0 Å². The van der Waals surface area contributed by atoms with Crippen molar-refractivity contribution in [3.63, 3.8) is 0 Å². The van der Waals surface area contributed by atoms with Gasteiger partial charge >= 0.3 is 19.8 Å². The molecule has 3 unspecified atom stereocenters. The normalized spacial score (nSPS) is 14.5. The van der Waals surface area contributed by atoms with E-state index >= 15 is 0 Å². The Hall–Kier alpha value is -2.59. The summed E-state index contributed by atoms with van der Waals surface area (Å²) in [5, 5.41) is 18.3. The van der Waals surface area contributed by atoms with Gasteiger partial charge < -0.3 is 24.6 Å². The molecule has 0 aromatic rings. The van der Waals surface area contributed by atoms with Crippen LogP contribution in [0.5, 0.6) is 0 Å². The fourth-order valence-corrected chi connectivity index (χ4v) is 6.23. The van der Waals surface area contributed by atoms with E-state index in [1.54, 1.807) is 0 Å². The molecule has 0 heterocycles. The minimum Gasteiger partial charge on any atom is -0.462 e. The monoisotopic (exact) mass is 823 g/mol. The van der Waals surface area contributed by atoms with Crippen molar-refractivity contribution >= 4 is 19.8 Å². The van der Waals surface area contributed by atoms with Crippen LogP contribution in [0.2, 0.25) is 0 Å². The molecule has 0 saturated heterocycles. The Morgan fingerprint density at radius 2 is 0.947 bits per heavy atom. The first-order chi connectivity index (χ1) is 27.7. The molecule has 3 atom stereocenters. The fraction of sp³-hybridized carbons (Fsp3) is 0.696. The second kappa shape index (κ2) is 41.6. The molecule has 0 aromatic heterocycles. The van der Waals surface area contributed by atoms with Gasteiger partial charge in [-0.2, -0.15) is 0 Å². The maximum Gasteiger partial charge on any atom is 0.472 e. The summed E-state index contributed by atoms with van der Waals surface area (Å²) in [6.07, 6.45) is 47.3. The molecular formula is C46H79O10P. The first-order valence-electron chi connectivity index (χ1n) is 21.9. The maximum absolute atomic E-state index is 12.6. The van der Waals surface area contributed by atoms with Crippen LogP contribution in [-0.2, 0) is 32.7 Å². The van der Waals surface area contributed by atoms with Crippen LogP contribution in [0.4, 0.5) is 0 Å². The summed E-state index contributed by atoms with van der Waals surface area (Å²) >= 11 is 0. The van der Waals surface area contributed by atoms with Gasteiger partial charge in [0.1, 0.15) is 12.7 Å². The van der Waals surface area contributed by atoms with Crippen molar-refractivity contribution in [2.75, 3.05) is 26.4 Å². The van der Waals surface area contributed by atoms with E-state index in [1.165, 1.54) is 77.0 Å². The van der Waals surface area contributed by atoms with E-state index < -0.39 is 51.8 Å². The van der Waals surface area contributed by atoms with E-state index in [4.69, 9.17) is 19.1 Å². The van der Waals surface area contributed by atoms with Gasteiger partial charge in [-0.05, 0) is 77.0 Å². The minimum absolute atomic E-state index is 0.0569. The third kappa shape index (κ3) is 41.4. The Morgan fingerprint density at radius 1 is 0.526 bits per heavy atom. The van der Waals surface area contributed by atoms with Gasteiger partial charge in [0.25, 0.3) is 0 Å². The first kappa shape index (κ1) is 54.4. The first-order valence-corrected chi connectivity index (χ1v) is 23.4. The van der Waals surface area contributed by atoms with Gasteiger partial charge in [0.2, 0.25) is 0 Å². The number of rotatable bonds is 40. The van der Waals surface area contributed by atoms with E-state index in [1.807, 2.05) is 12.2 Å². The summed E-state index contributed by atoms with van der Waals surface area (Å²) < 4.78 is 32.6. The zero-order valence-corrected chi connectivity index (χ0v) is 36.4. The number of esters is 2. The van der Waals surface area contributed by atoms with Crippen LogP contribution in [0.1, 0.15) is 168 Å². The lowest BCUT2D eigenvalue weighted by Gasteiger charge is -2.20. The molecule has 0 saturated carbocycles. The molecule has 57 heavy (non-hydrogen) atoms. The molecular weight excluding hydrogens is 743 g/mol. The Morgan fingerprint density at radius 3 is 1.49 bits per heavy atom. The van der Waals surface area contributed by atoms with Crippen LogP contribution < -0.4 is 0 Å². The van der Waals surface area contributed by atoms with Crippen LogP contribution in [0.15, 0.2) is 72.9 Å². The predicted octanol–water partition coefficient (Wildman–Crippen LogP) is 11.7. The van der Waals surface area contributed by atoms with Gasteiger partial charge in [-0.1, -0.05) is 151 Å². The van der Waals surface area contributed by atoms with Crippen LogP contribution in [0.3, 0.4) is 0 Å². The Bertz CT molecular complexity index is 1180. The van der Waals surface area contributed by atoms with Crippen molar-refractivity contribution in [3.8, 4) is 0 Å². The third-order valence-corrected chi connectivity index (χ3v) is 9.80. The number of aliphatic hydroxyl groups is 2. The Labute approximate surface area is 346 Å². The van der Waals surface area contributed by atoms with Crippen LogP contribution in [-0.4, -0.2) is 65.7 Å². The van der Waals surface area contributed by atoms with Gasteiger partial charge in [0, 0.05) is 12.8 Å². The number of carbonyl (C=O) groups excluding carboxylic acids is 2. The number of carbonyl (C=O) groups is 2. The number of unbranched alkanes of at least 4 members (excludes halogenated alkanes) is 14. The number of phosphoric acid groups is 1. The highest BCUT2D eigenvalue weighted by Gasteiger charge is 2.27. The second-order valence-electron chi connectivity index (χ2n) is 14.4. The van der Waals surface area contributed by atoms with Gasteiger partial charge in [0.05, 0.1) is 19.8 Å². The average molecular weight is 823 g/mol. The summed E-state index contributed by atoms with van der Waals surface area (Å²) in [5.41, 5.74) is 0. The quantitative estimate of drug-likeness (QED) is 0.0236. The third-order valence-electron chi connectivity index (χ3n) is 8.85. The lowest BCUT2D eigenvalue weighted by molar-refractivity contribution is -0.161. The van der Waals surface area contributed by atoms with Gasteiger partial charge in [0.15, 0.2) is 6.10 Å². The smallest absolute Gasteiger partial charge is 0.462 e. The van der Waals surface area contributed by atoms with Crippen molar-refractivity contribution < 1.29 is 47.8 Å². The molecule has 0 aliphatic carbocycles. The van der Waals surface area contributed by atoms with Crippen molar-refractivity contribution in [2.45, 2.75) is 180 Å². The zero-order chi connectivity index (χ0) is 41.9. The number of ether oxygens (including phenoxy) is 2. The molecule has 0 rings (SSSR count). The summed E-state index contributed by atoms with van der Waals surface area (Å²) in [6.45, 7) is 2.24. The summed E-state index contributed by atoms with van der Waals surface area (Å²) in [4.78, 5) is 34.9. The summed E-state index contributed by atoms with van der Waals surface area (Å²) in [7, 11) is -4.64. The summed E-state index contributed by atoms with van der Waals surface area (Å²) in [6, 6.07) is 0. The molecule has 0 aromatic carbocycles. The zero-order valence-electron chi connectivity index (χ0n) is 35.5. The molecule has 0 fully saturated rings. The Balaban J connectivity index is 4.44. The SMILES string of the molecule is CCCCCC=CCC=CCC=CCC=CCC=CCCC(=O)OC(COC(=O)CCCCCCCCCC=CCCCCCC)COP(=O)(O)OCC(O)CO. The highest BCUT2D eigenvalue weighted by atomic mass is 31.2. The number of phosphoric ester groups is 1. The molecule has 0 aliphatic rings. The maximum atomic E-state index is 12.6. The molecule has 328 valence electrons. The molecule has 3 N–H and O–H groups in total. The molecule has 11 heteroatoms. The van der Waals surface area contributed by atoms with E-state index in [9.17, 15) is 24.2 Å². The standard InChI is InChI=1S/C46H79O10P/c1-3-5-7-9-11-13-15-17-19-20-21-22-24-26-28-30-32-34-36-38-46(50)56-44(42-55-57(51,52)54-40-43(48)39-47)41-53-45(49)37-35-33-31-29-27-25-23-18-16-14-12-10-8-6-4-2/h11,13-14,16-17,19,21-22,26,28,32,34,43-44,47-48H,3-10,12,15,18,20,23-25,27,29-31,33,35-42H2,1-2H3,(H,51,52). The largest absolute Gasteiger partial charge is 0.472 e. The molecule has 10 nitrogen and oxygen atoms in total. The highest BCUT2D eigenvalue weighted by molar-refractivity contribution is 7.47. The number of aliphatic hydroxyl groups excluding tert-OH is 2. The van der Waals surface area contributed by atoms with E-state index in [2.05, 4.69) is 79.1 Å². The van der Waals surface area contributed by atoms with Crippen molar-refractivity contribution in [1.29, 1.82) is 0 Å². The topological polar surface area (TPSA) is 149 Å². The molecule has 0 radical (unpaired) electrons. The highest BCUT2D eigenvalue weighted by Crippen LogP contribution is 2.43. The predicted molar refractivity (Wildman–Crippen MR) is 233 cm³/mol. The van der Waals surface area contributed by atoms with Gasteiger partial charge in [-0.3, -0.25) is 18.6 Å². The van der Waals surface area contributed by atoms with Crippen LogP contribution >= 0.6 is 7.82 Å². The van der Waals surface area contributed by atoms with Crippen molar-refractivity contribution in [2.24, 2.45) is 0 Å². The van der Waals surface area contributed by atoms with E-state index in [0.29, 0.717) is 12.8 Å². The number of hydrogen-bond donors (Lipinski definition) is 3. The average Bonchev–Trinajstić information content (AvgIpc) is 3.20. The van der Waals surface area contributed by atoms with E-state index in [0.717, 1.165) is 51.4 Å². The second-order valence-corrected chi connectivity index (χ2v) is 15.8. The lowest BCUT2D eigenvalue weighted by atomic mass is 10.1. The van der Waals surface area contributed by atoms with E-state index in [-0.39, 0.29) is 19.4 Å². The number of hydrogen-bond acceptors (Lipinski definition) is 9. The lowest BCUT2D eigenvalue weighted by Crippen LogP contribution is -2.29. The van der Waals surface area contributed by atoms with Crippen LogP contribution in [0, 0.1) is 0 Å². The molecule has 0 amide bonds.